The summed E-state index contributed by atoms with van der Waals surface area (Å²) in [5.74, 6) is -0.476. The summed E-state index contributed by atoms with van der Waals surface area (Å²) in [4.78, 5) is 22.8. The van der Waals surface area contributed by atoms with Crippen molar-refractivity contribution in [2.24, 2.45) is 0 Å². The second kappa shape index (κ2) is 8.99. The number of ether oxygens (including phenoxy) is 1. The van der Waals surface area contributed by atoms with Gasteiger partial charge in [0.05, 0.1) is 24.4 Å². The molecule has 1 rings (SSSR count). The number of imide groups is 1. The van der Waals surface area contributed by atoms with E-state index in [9.17, 15) is 22.8 Å². The highest BCUT2D eigenvalue weighted by atomic mass is 19.4. The lowest BCUT2D eigenvalue weighted by molar-refractivity contribution is -0.137. The number of nitrogens with one attached hydrogen (secondary N) is 3. The Hall–Kier alpha value is -2.45. The lowest BCUT2D eigenvalue weighted by Gasteiger charge is -2.15. The number of urea groups is 1. The number of carbonyl (C=O) groups excluding carboxylic acids is 2. The predicted molar refractivity (Wildman–Crippen MR) is 82.9 cm³/mol. The molecular formula is C15H20F3N3O3. The molecule has 0 heterocycles. The molecule has 1 aromatic rings. The Balaban J connectivity index is 2.82. The van der Waals surface area contributed by atoms with Gasteiger partial charge in [0.25, 0.3) is 0 Å². The molecule has 3 amide bonds. The number of hydrogen-bond acceptors (Lipinski definition) is 4. The Kier molecular flexibility index (Phi) is 7.34. The molecule has 134 valence electrons. The summed E-state index contributed by atoms with van der Waals surface area (Å²) in [5.41, 5.74) is -0.831. The van der Waals surface area contributed by atoms with Crippen LogP contribution in [0.2, 0.25) is 0 Å². The predicted octanol–water partition coefficient (Wildman–Crippen LogP) is 2.75. The third-order valence-corrected chi connectivity index (χ3v) is 2.80. The number of anilines is 1. The molecule has 0 atom stereocenters. The van der Waals surface area contributed by atoms with Crippen molar-refractivity contribution in [1.29, 1.82) is 0 Å². The summed E-state index contributed by atoms with van der Waals surface area (Å²) >= 11 is 0. The van der Waals surface area contributed by atoms with Gasteiger partial charge in [-0.1, -0.05) is 6.92 Å². The van der Waals surface area contributed by atoms with Gasteiger partial charge in [0, 0.05) is 6.54 Å². The molecule has 0 aromatic heterocycles. The molecule has 0 radical (unpaired) electrons. The summed E-state index contributed by atoms with van der Waals surface area (Å²) < 4.78 is 43.8. The Morgan fingerprint density at radius 1 is 1.21 bits per heavy atom. The van der Waals surface area contributed by atoms with Crippen molar-refractivity contribution in [3.8, 4) is 5.75 Å². The Bertz CT molecular complexity index is 577. The van der Waals surface area contributed by atoms with Crippen LogP contribution in [0.4, 0.5) is 23.7 Å². The van der Waals surface area contributed by atoms with E-state index in [1.54, 1.807) is 6.92 Å². The minimum Gasteiger partial charge on any atom is -0.491 e. The number of hydrogen-bond donors (Lipinski definition) is 3. The molecule has 0 aliphatic heterocycles. The molecule has 6 nitrogen and oxygen atoms in total. The molecule has 0 saturated carbocycles. The fourth-order valence-electron chi connectivity index (χ4n) is 1.73. The molecule has 0 saturated heterocycles. The molecule has 1 aromatic carbocycles. The Morgan fingerprint density at radius 3 is 2.50 bits per heavy atom. The largest absolute Gasteiger partial charge is 0.491 e. The Labute approximate surface area is 137 Å². The average molecular weight is 347 g/mol. The van der Waals surface area contributed by atoms with Crippen LogP contribution in [0.25, 0.3) is 0 Å². The van der Waals surface area contributed by atoms with Crippen LogP contribution in [-0.4, -0.2) is 31.6 Å². The monoisotopic (exact) mass is 347 g/mol. The smallest absolute Gasteiger partial charge is 0.416 e. The number of alkyl halides is 3. The van der Waals surface area contributed by atoms with E-state index < -0.39 is 23.7 Å². The van der Waals surface area contributed by atoms with Gasteiger partial charge in [-0.2, -0.15) is 13.2 Å². The number of halogens is 3. The maximum atomic E-state index is 12.8. The SMILES string of the molecule is CCCOc1ccc(C(F)(F)F)cc1NCC(=O)NC(=O)NCC. The highest BCUT2D eigenvalue weighted by Gasteiger charge is 2.31. The van der Waals surface area contributed by atoms with Crippen molar-refractivity contribution in [3.05, 3.63) is 23.8 Å². The van der Waals surface area contributed by atoms with E-state index in [1.165, 1.54) is 6.07 Å². The second-order valence-corrected chi connectivity index (χ2v) is 4.82. The van der Waals surface area contributed by atoms with Crippen molar-refractivity contribution in [2.45, 2.75) is 26.4 Å². The van der Waals surface area contributed by atoms with Gasteiger partial charge in [0.15, 0.2) is 0 Å². The van der Waals surface area contributed by atoms with Gasteiger partial charge >= 0.3 is 12.2 Å². The van der Waals surface area contributed by atoms with Crippen LogP contribution >= 0.6 is 0 Å². The van der Waals surface area contributed by atoms with Crippen LogP contribution < -0.4 is 20.7 Å². The van der Waals surface area contributed by atoms with Gasteiger partial charge in [-0.3, -0.25) is 10.1 Å². The molecule has 0 fully saturated rings. The van der Waals surface area contributed by atoms with E-state index in [0.717, 1.165) is 12.1 Å². The molecule has 0 spiro atoms. The zero-order chi connectivity index (χ0) is 18.2. The van der Waals surface area contributed by atoms with Crippen LogP contribution in [0.5, 0.6) is 5.75 Å². The molecule has 0 aliphatic carbocycles. The minimum absolute atomic E-state index is 0.0318. The number of benzene rings is 1. The third-order valence-electron chi connectivity index (χ3n) is 2.80. The lowest BCUT2D eigenvalue weighted by Crippen LogP contribution is -2.41. The first-order valence-corrected chi connectivity index (χ1v) is 7.43. The summed E-state index contributed by atoms with van der Waals surface area (Å²) in [6.45, 7) is 3.83. The number of rotatable bonds is 7. The lowest BCUT2D eigenvalue weighted by atomic mass is 10.1. The number of carbonyl (C=O) groups is 2. The summed E-state index contributed by atoms with van der Waals surface area (Å²) in [6.07, 6.45) is -3.83. The van der Waals surface area contributed by atoms with Crippen molar-refractivity contribution in [2.75, 3.05) is 25.0 Å². The van der Waals surface area contributed by atoms with Crippen LogP contribution in [0.3, 0.4) is 0 Å². The topological polar surface area (TPSA) is 79.5 Å². The maximum Gasteiger partial charge on any atom is 0.416 e. The van der Waals surface area contributed by atoms with Gasteiger partial charge in [-0.15, -0.1) is 0 Å². The first kappa shape index (κ1) is 19.6. The van der Waals surface area contributed by atoms with E-state index in [4.69, 9.17) is 4.74 Å². The first-order chi connectivity index (χ1) is 11.3. The van der Waals surface area contributed by atoms with E-state index in [-0.39, 0.29) is 18.0 Å². The highest BCUT2D eigenvalue weighted by Crippen LogP contribution is 2.35. The normalized spacial score (nSPS) is 10.9. The van der Waals surface area contributed by atoms with Gasteiger partial charge in [-0.05, 0) is 31.5 Å². The number of amides is 3. The second-order valence-electron chi connectivity index (χ2n) is 4.82. The zero-order valence-corrected chi connectivity index (χ0v) is 13.4. The maximum absolute atomic E-state index is 12.8. The van der Waals surface area contributed by atoms with Crippen molar-refractivity contribution in [3.63, 3.8) is 0 Å². The van der Waals surface area contributed by atoms with E-state index in [0.29, 0.717) is 19.6 Å². The van der Waals surface area contributed by atoms with Crippen molar-refractivity contribution < 1.29 is 27.5 Å². The molecular weight excluding hydrogens is 327 g/mol. The van der Waals surface area contributed by atoms with E-state index >= 15 is 0 Å². The van der Waals surface area contributed by atoms with Crippen LogP contribution in [0.1, 0.15) is 25.8 Å². The minimum atomic E-state index is -4.51. The van der Waals surface area contributed by atoms with Crippen LogP contribution in [0, 0.1) is 0 Å². The zero-order valence-electron chi connectivity index (χ0n) is 13.4. The quantitative estimate of drug-likeness (QED) is 0.709. The summed E-state index contributed by atoms with van der Waals surface area (Å²) in [6, 6.07) is 2.30. The van der Waals surface area contributed by atoms with Crippen molar-refractivity contribution >= 4 is 17.6 Å². The molecule has 24 heavy (non-hydrogen) atoms. The first-order valence-electron chi connectivity index (χ1n) is 7.43. The molecule has 0 bridgehead atoms. The fourth-order valence-corrected chi connectivity index (χ4v) is 1.73. The summed E-state index contributed by atoms with van der Waals surface area (Å²) in [5, 5.41) is 6.98. The summed E-state index contributed by atoms with van der Waals surface area (Å²) in [7, 11) is 0. The average Bonchev–Trinajstić information content (AvgIpc) is 2.50. The van der Waals surface area contributed by atoms with Crippen molar-refractivity contribution in [1.82, 2.24) is 10.6 Å². The molecule has 0 aliphatic rings. The molecule has 3 N–H and O–H groups in total. The fraction of sp³-hybridized carbons (Fsp3) is 0.467. The Morgan fingerprint density at radius 2 is 1.92 bits per heavy atom. The molecule has 9 heteroatoms. The van der Waals surface area contributed by atoms with Crippen LogP contribution in [-0.2, 0) is 11.0 Å². The van der Waals surface area contributed by atoms with E-state index in [1.807, 2.05) is 12.2 Å². The highest BCUT2D eigenvalue weighted by molar-refractivity contribution is 5.96. The third kappa shape index (κ3) is 6.35. The van der Waals surface area contributed by atoms with Gasteiger partial charge in [0.1, 0.15) is 5.75 Å². The van der Waals surface area contributed by atoms with Crippen LogP contribution in [0.15, 0.2) is 18.2 Å². The van der Waals surface area contributed by atoms with Gasteiger partial charge in [0.2, 0.25) is 5.91 Å². The van der Waals surface area contributed by atoms with Gasteiger partial charge < -0.3 is 15.4 Å². The van der Waals surface area contributed by atoms with E-state index in [2.05, 4.69) is 10.6 Å². The molecule has 0 unspecified atom stereocenters. The van der Waals surface area contributed by atoms with Gasteiger partial charge in [-0.25, -0.2) is 4.79 Å². The standard InChI is InChI=1S/C15H20F3N3O3/c1-3-7-24-12-6-5-10(15(16,17)18)8-11(12)20-9-13(22)21-14(23)19-4-2/h5-6,8,20H,3-4,7,9H2,1-2H3,(H2,19,21,22,23).